The Kier molecular flexibility index (Phi) is 5.00. The fraction of sp³-hybridized carbons (Fsp3) is 0.167. The van der Waals surface area contributed by atoms with E-state index >= 15 is 0 Å². The molecule has 3 aromatic carbocycles. The molecule has 2 heterocycles. The first-order chi connectivity index (χ1) is 15.5. The normalized spacial score (nSPS) is 22.4. The van der Waals surface area contributed by atoms with E-state index in [1.807, 2.05) is 30.3 Å². The fourth-order valence-corrected chi connectivity index (χ4v) is 4.40. The Balaban J connectivity index is 1.60. The third kappa shape index (κ3) is 3.18. The van der Waals surface area contributed by atoms with Crippen molar-refractivity contribution in [3.8, 4) is 11.5 Å². The number of hydrogen-bond donors (Lipinski definition) is 1. The van der Waals surface area contributed by atoms with Gasteiger partial charge < -0.3 is 9.84 Å². The number of amides is 2. The van der Waals surface area contributed by atoms with Crippen LogP contribution in [0.5, 0.6) is 11.5 Å². The van der Waals surface area contributed by atoms with Crippen LogP contribution in [0.3, 0.4) is 0 Å². The molecule has 162 valence electrons. The van der Waals surface area contributed by atoms with E-state index in [-0.39, 0.29) is 17.4 Å². The average Bonchev–Trinajstić information content (AvgIpc) is 3.32. The number of nitrogens with zero attached hydrogens (tertiary/aromatic N) is 2. The number of ether oxygens (including phenoxy) is 1. The number of halogens is 1. The molecule has 32 heavy (non-hydrogen) atoms. The van der Waals surface area contributed by atoms with Gasteiger partial charge in [-0.05, 0) is 54.1 Å². The van der Waals surface area contributed by atoms with Crippen LogP contribution in [0.1, 0.15) is 11.6 Å². The first-order valence-electron chi connectivity index (χ1n) is 10.0. The van der Waals surface area contributed by atoms with Crippen LogP contribution in [0.2, 0.25) is 5.02 Å². The molecule has 3 atom stereocenters. The molecule has 0 spiro atoms. The van der Waals surface area contributed by atoms with E-state index < -0.39 is 24.0 Å². The van der Waals surface area contributed by atoms with Gasteiger partial charge in [-0.25, -0.2) is 9.96 Å². The number of fused-ring (bicyclic) bond motifs is 1. The standard InChI is InChI=1S/C24H19ClN2O5/c1-31-19-13-14(7-12-18(19)28)21-20-22(32-27(21)17-5-3-2-4-6-17)24(30)26(23(20)29)16-10-8-15(25)9-11-16/h2-13,20-22,28H,1H3/t20-,21+,22+/m0/s1. The first kappa shape index (κ1) is 20.4. The molecule has 0 aromatic heterocycles. The molecule has 0 unspecified atom stereocenters. The highest BCUT2D eigenvalue weighted by atomic mass is 35.5. The molecular formula is C24H19ClN2O5. The molecule has 0 radical (unpaired) electrons. The number of imide groups is 1. The zero-order valence-electron chi connectivity index (χ0n) is 17.0. The number of carbonyl (C=O) groups is 2. The number of hydroxylamine groups is 1. The summed E-state index contributed by atoms with van der Waals surface area (Å²) in [5.74, 6) is -1.33. The second kappa shape index (κ2) is 7.85. The molecule has 3 aromatic rings. The van der Waals surface area contributed by atoms with Crippen LogP contribution in [-0.4, -0.2) is 30.1 Å². The number of phenolic OH excluding ortho intramolecular Hbond substituents is 1. The van der Waals surface area contributed by atoms with Crippen molar-refractivity contribution in [3.63, 3.8) is 0 Å². The van der Waals surface area contributed by atoms with Gasteiger partial charge in [0.2, 0.25) is 5.91 Å². The molecule has 5 rings (SSSR count). The van der Waals surface area contributed by atoms with Gasteiger partial charge in [0.1, 0.15) is 5.92 Å². The van der Waals surface area contributed by atoms with E-state index in [1.54, 1.807) is 41.5 Å². The van der Waals surface area contributed by atoms with Crippen LogP contribution in [0.25, 0.3) is 0 Å². The minimum atomic E-state index is -0.983. The number of carbonyl (C=O) groups excluding carboxylic acids is 2. The van der Waals surface area contributed by atoms with Gasteiger partial charge in [-0.2, -0.15) is 0 Å². The molecule has 0 bridgehead atoms. The average molecular weight is 451 g/mol. The van der Waals surface area contributed by atoms with Crippen molar-refractivity contribution in [2.24, 2.45) is 5.92 Å². The van der Waals surface area contributed by atoms with Gasteiger partial charge in [-0.1, -0.05) is 35.9 Å². The third-order valence-corrected chi connectivity index (χ3v) is 6.01. The quantitative estimate of drug-likeness (QED) is 0.603. The maximum atomic E-state index is 13.5. The van der Waals surface area contributed by atoms with E-state index in [4.69, 9.17) is 21.2 Å². The number of anilines is 2. The highest BCUT2D eigenvalue weighted by Gasteiger charge is 2.60. The topological polar surface area (TPSA) is 79.3 Å². The summed E-state index contributed by atoms with van der Waals surface area (Å²) in [5, 5.41) is 12.1. The molecule has 0 saturated carbocycles. The Bertz CT molecular complexity index is 1180. The van der Waals surface area contributed by atoms with Gasteiger partial charge in [-0.15, -0.1) is 0 Å². The lowest BCUT2D eigenvalue weighted by Gasteiger charge is -2.29. The molecule has 1 N–H and O–H groups in total. The van der Waals surface area contributed by atoms with E-state index in [2.05, 4.69) is 0 Å². The van der Waals surface area contributed by atoms with Gasteiger partial charge >= 0.3 is 0 Å². The van der Waals surface area contributed by atoms with Crippen LogP contribution in [0.4, 0.5) is 11.4 Å². The summed E-state index contributed by atoms with van der Waals surface area (Å²) in [7, 11) is 1.45. The fourth-order valence-electron chi connectivity index (χ4n) is 4.28. The van der Waals surface area contributed by atoms with Crippen molar-refractivity contribution >= 4 is 34.8 Å². The summed E-state index contributed by atoms with van der Waals surface area (Å²) in [6.45, 7) is 0. The Hall–Kier alpha value is -3.55. The molecular weight excluding hydrogens is 432 g/mol. The minimum absolute atomic E-state index is 0.0189. The summed E-state index contributed by atoms with van der Waals surface area (Å²) in [4.78, 5) is 34.1. The van der Waals surface area contributed by atoms with Gasteiger partial charge in [0, 0.05) is 5.02 Å². The van der Waals surface area contributed by atoms with Gasteiger partial charge in [0.05, 0.1) is 24.5 Å². The number of phenols is 1. The van der Waals surface area contributed by atoms with Crippen molar-refractivity contribution < 1.29 is 24.3 Å². The van der Waals surface area contributed by atoms with Crippen LogP contribution in [0, 0.1) is 5.92 Å². The number of hydrogen-bond acceptors (Lipinski definition) is 6. The summed E-state index contributed by atoms with van der Waals surface area (Å²) >= 11 is 5.97. The molecule has 2 fully saturated rings. The molecule has 7 nitrogen and oxygen atoms in total. The summed E-state index contributed by atoms with van der Waals surface area (Å²) in [5.41, 5.74) is 1.82. The van der Waals surface area contributed by atoms with E-state index in [0.717, 1.165) is 4.90 Å². The zero-order valence-corrected chi connectivity index (χ0v) is 17.8. The lowest BCUT2D eigenvalue weighted by atomic mass is 9.90. The number of methoxy groups -OCH3 is 1. The molecule has 2 aliphatic heterocycles. The minimum Gasteiger partial charge on any atom is -0.504 e. The molecule has 2 amide bonds. The predicted molar refractivity (Wildman–Crippen MR) is 119 cm³/mol. The van der Waals surface area contributed by atoms with Crippen molar-refractivity contribution in [3.05, 3.63) is 83.4 Å². The predicted octanol–water partition coefficient (Wildman–Crippen LogP) is 4.11. The molecule has 8 heteroatoms. The summed E-state index contributed by atoms with van der Waals surface area (Å²) in [6, 6.07) is 20.0. The van der Waals surface area contributed by atoms with Crippen molar-refractivity contribution in [1.82, 2.24) is 0 Å². The lowest BCUT2D eigenvalue weighted by Crippen LogP contribution is -2.37. The number of rotatable bonds is 4. The van der Waals surface area contributed by atoms with E-state index in [1.165, 1.54) is 13.2 Å². The van der Waals surface area contributed by atoms with Gasteiger partial charge in [0.25, 0.3) is 5.91 Å². The Labute approximate surface area is 189 Å². The number of benzene rings is 3. The van der Waals surface area contributed by atoms with Crippen molar-refractivity contribution in [2.45, 2.75) is 12.1 Å². The second-order valence-corrected chi connectivity index (χ2v) is 8.01. The highest BCUT2D eigenvalue weighted by molar-refractivity contribution is 6.31. The van der Waals surface area contributed by atoms with E-state index in [0.29, 0.717) is 22.0 Å². The van der Waals surface area contributed by atoms with Crippen LogP contribution < -0.4 is 14.7 Å². The second-order valence-electron chi connectivity index (χ2n) is 7.58. The number of para-hydroxylation sites is 1. The van der Waals surface area contributed by atoms with Crippen LogP contribution >= 0.6 is 11.6 Å². The monoisotopic (exact) mass is 450 g/mol. The summed E-state index contributed by atoms with van der Waals surface area (Å²) < 4.78 is 5.26. The molecule has 2 saturated heterocycles. The Morgan fingerprint density at radius 1 is 0.938 bits per heavy atom. The van der Waals surface area contributed by atoms with Crippen LogP contribution in [-0.2, 0) is 14.4 Å². The van der Waals surface area contributed by atoms with Crippen LogP contribution in [0.15, 0.2) is 72.8 Å². The highest BCUT2D eigenvalue weighted by Crippen LogP contribution is 2.48. The van der Waals surface area contributed by atoms with E-state index in [9.17, 15) is 14.7 Å². The largest absolute Gasteiger partial charge is 0.504 e. The van der Waals surface area contributed by atoms with Crippen molar-refractivity contribution in [2.75, 3.05) is 17.1 Å². The van der Waals surface area contributed by atoms with Gasteiger partial charge in [0.15, 0.2) is 17.6 Å². The SMILES string of the molecule is COc1cc([C@@H]2[C@@H]3C(=O)N(c4ccc(Cl)cc4)C(=O)[C@@H]3ON2c2ccccc2)ccc1O. The van der Waals surface area contributed by atoms with Gasteiger partial charge in [-0.3, -0.25) is 14.4 Å². The molecule has 2 aliphatic rings. The number of aromatic hydroxyl groups is 1. The molecule has 0 aliphatic carbocycles. The maximum Gasteiger partial charge on any atom is 0.266 e. The maximum absolute atomic E-state index is 13.5. The Morgan fingerprint density at radius 3 is 2.34 bits per heavy atom. The summed E-state index contributed by atoms with van der Waals surface area (Å²) in [6.07, 6.45) is -0.983. The third-order valence-electron chi connectivity index (χ3n) is 5.76. The first-order valence-corrected chi connectivity index (χ1v) is 10.4. The lowest BCUT2D eigenvalue weighted by molar-refractivity contribution is -0.126. The Morgan fingerprint density at radius 2 is 1.66 bits per heavy atom. The smallest absolute Gasteiger partial charge is 0.266 e. The zero-order chi connectivity index (χ0) is 22.4. The van der Waals surface area contributed by atoms with Crippen molar-refractivity contribution in [1.29, 1.82) is 0 Å².